The lowest BCUT2D eigenvalue weighted by molar-refractivity contribution is -0.137. The van der Waals surface area contributed by atoms with E-state index in [4.69, 9.17) is 4.74 Å². The number of methoxy groups -OCH3 is 1. The summed E-state index contributed by atoms with van der Waals surface area (Å²) >= 11 is 0. The maximum absolute atomic E-state index is 13.6. The fourth-order valence-electron chi connectivity index (χ4n) is 1.99. The molecule has 0 aliphatic carbocycles. The van der Waals surface area contributed by atoms with Gasteiger partial charge in [-0.05, 0) is 24.3 Å². The third-order valence-corrected chi connectivity index (χ3v) is 3.17. The van der Waals surface area contributed by atoms with Gasteiger partial charge < -0.3 is 15.4 Å². The summed E-state index contributed by atoms with van der Waals surface area (Å²) in [6, 6.07) is 7.86. The molecule has 2 N–H and O–H groups in total. The van der Waals surface area contributed by atoms with Crippen molar-refractivity contribution in [1.82, 2.24) is 5.32 Å². The highest BCUT2D eigenvalue weighted by atomic mass is 19.4. The first-order chi connectivity index (χ1) is 11.3. The molecule has 2 rings (SSSR count). The minimum Gasteiger partial charge on any atom is -0.496 e. The summed E-state index contributed by atoms with van der Waals surface area (Å²) in [5.41, 5.74) is -0.939. The first-order valence-corrected chi connectivity index (χ1v) is 6.84. The molecule has 0 unspecified atom stereocenters. The Balaban J connectivity index is 2.05. The van der Waals surface area contributed by atoms with Crippen LogP contribution in [-0.2, 0) is 12.7 Å². The van der Waals surface area contributed by atoms with Crippen LogP contribution in [0.4, 0.5) is 28.0 Å². The van der Waals surface area contributed by atoms with Crippen LogP contribution in [0.2, 0.25) is 0 Å². The van der Waals surface area contributed by atoms with Crippen molar-refractivity contribution in [2.24, 2.45) is 0 Å². The quantitative estimate of drug-likeness (QED) is 0.819. The number of carbonyl (C=O) groups is 1. The molecule has 128 valence electrons. The molecule has 24 heavy (non-hydrogen) atoms. The maximum atomic E-state index is 13.6. The van der Waals surface area contributed by atoms with Gasteiger partial charge in [-0.2, -0.15) is 13.2 Å². The SMILES string of the molecule is COc1ccccc1CNC(=O)Nc1cc(C(F)(F)F)ccc1F. The molecule has 0 bridgehead atoms. The lowest BCUT2D eigenvalue weighted by Gasteiger charge is -2.12. The number of alkyl halides is 3. The Bertz CT molecular complexity index is 732. The lowest BCUT2D eigenvalue weighted by atomic mass is 10.2. The second-order valence-electron chi connectivity index (χ2n) is 4.81. The molecule has 0 saturated heterocycles. The fraction of sp³-hybridized carbons (Fsp3) is 0.188. The van der Waals surface area contributed by atoms with E-state index in [1.807, 2.05) is 0 Å². The normalized spacial score (nSPS) is 11.0. The van der Waals surface area contributed by atoms with E-state index in [1.54, 1.807) is 24.3 Å². The second-order valence-corrected chi connectivity index (χ2v) is 4.81. The molecule has 0 spiro atoms. The van der Waals surface area contributed by atoms with Crippen molar-refractivity contribution in [3.63, 3.8) is 0 Å². The van der Waals surface area contributed by atoms with E-state index < -0.39 is 29.3 Å². The van der Waals surface area contributed by atoms with Crippen molar-refractivity contribution in [2.45, 2.75) is 12.7 Å². The number of rotatable bonds is 4. The Labute approximate surface area is 135 Å². The molecular weight excluding hydrogens is 328 g/mol. The highest BCUT2D eigenvalue weighted by Crippen LogP contribution is 2.31. The lowest BCUT2D eigenvalue weighted by Crippen LogP contribution is -2.28. The molecule has 0 heterocycles. The average Bonchev–Trinajstić information content (AvgIpc) is 2.54. The van der Waals surface area contributed by atoms with Gasteiger partial charge in [-0.25, -0.2) is 9.18 Å². The molecule has 0 fully saturated rings. The van der Waals surface area contributed by atoms with Crippen LogP contribution in [0.1, 0.15) is 11.1 Å². The molecule has 8 heteroatoms. The number of anilines is 1. The Morgan fingerprint density at radius 3 is 2.54 bits per heavy atom. The topological polar surface area (TPSA) is 50.4 Å². The molecule has 2 aromatic carbocycles. The third-order valence-electron chi connectivity index (χ3n) is 3.17. The number of amides is 2. The van der Waals surface area contributed by atoms with Crippen molar-refractivity contribution in [3.05, 3.63) is 59.4 Å². The second kappa shape index (κ2) is 7.20. The molecule has 0 saturated carbocycles. The van der Waals surface area contributed by atoms with Crippen LogP contribution < -0.4 is 15.4 Å². The number of hydrogen-bond donors (Lipinski definition) is 2. The zero-order valence-corrected chi connectivity index (χ0v) is 12.6. The summed E-state index contributed by atoms with van der Waals surface area (Å²) in [7, 11) is 1.47. The first kappa shape index (κ1) is 17.6. The molecular formula is C16H14F4N2O2. The zero-order valence-electron chi connectivity index (χ0n) is 12.6. The number of hydrogen-bond acceptors (Lipinski definition) is 2. The number of benzene rings is 2. The predicted molar refractivity (Wildman–Crippen MR) is 80.3 cm³/mol. The molecule has 0 aliphatic rings. The standard InChI is InChI=1S/C16H14F4N2O2/c1-24-14-5-3-2-4-10(14)9-21-15(23)22-13-8-11(16(18,19)20)6-7-12(13)17/h2-8H,9H2,1H3,(H2,21,22,23). The molecule has 0 aliphatic heterocycles. The maximum Gasteiger partial charge on any atom is 0.416 e. The molecule has 2 aromatic rings. The van der Waals surface area contributed by atoms with Crippen LogP contribution in [-0.4, -0.2) is 13.1 Å². The van der Waals surface area contributed by atoms with Crippen LogP contribution >= 0.6 is 0 Å². The van der Waals surface area contributed by atoms with Gasteiger partial charge in [-0.1, -0.05) is 18.2 Å². The van der Waals surface area contributed by atoms with Crippen LogP contribution in [0.3, 0.4) is 0 Å². The Hall–Kier alpha value is -2.77. The Morgan fingerprint density at radius 2 is 1.88 bits per heavy atom. The van der Waals surface area contributed by atoms with Gasteiger partial charge in [0.15, 0.2) is 0 Å². The number of ether oxygens (including phenoxy) is 1. The van der Waals surface area contributed by atoms with E-state index in [0.717, 1.165) is 0 Å². The van der Waals surface area contributed by atoms with Crippen molar-refractivity contribution in [2.75, 3.05) is 12.4 Å². The zero-order chi connectivity index (χ0) is 17.7. The monoisotopic (exact) mass is 342 g/mol. The Kier molecular flexibility index (Phi) is 5.28. The van der Waals surface area contributed by atoms with Crippen LogP contribution in [0, 0.1) is 5.82 Å². The number of carbonyl (C=O) groups excluding carboxylic acids is 1. The van der Waals surface area contributed by atoms with E-state index in [1.165, 1.54) is 7.11 Å². The Morgan fingerprint density at radius 1 is 1.17 bits per heavy atom. The summed E-state index contributed by atoms with van der Waals surface area (Å²) in [6.07, 6.45) is -4.63. The minimum absolute atomic E-state index is 0.0659. The van der Waals surface area contributed by atoms with Gasteiger partial charge in [0, 0.05) is 12.1 Å². The molecule has 4 nitrogen and oxygen atoms in total. The number of urea groups is 1. The van der Waals surface area contributed by atoms with Crippen molar-refractivity contribution in [1.29, 1.82) is 0 Å². The van der Waals surface area contributed by atoms with Gasteiger partial charge in [-0.15, -0.1) is 0 Å². The smallest absolute Gasteiger partial charge is 0.416 e. The number of halogens is 4. The number of nitrogens with one attached hydrogen (secondary N) is 2. The van der Waals surface area contributed by atoms with Crippen molar-refractivity contribution in [3.8, 4) is 5.75 Å². The van der Waals surface area contributed by atoms with Gasteiger partial charge in [-0.3, -0.25) is 0 Å². The van der Waals surface area contributed by atoms with Crippen LogP contribution in [0.25, 0.3) is 0 Å². The summed E-state index contributed by atoms with van der Waals surface area (Å²) in [6.45, 7) is 0.0659. The molecule has 0 aromatic heterocycles. The summed E-state index contributed by atoms with van der Waals surface area (Å²) < 4.78 is 56.6. The van der Waals surface area contributed by atoms with Gasteiger partial charge in [0.05, 0.1) is 18.4 Å². The van der Waals surface area contributed by atoms with Crippen LogP contribution in [0.15, 0.2) is 42.5 Å². The van der Waals surface area contributed by atoms with Gasteiger partial charge in [0.2, 0.25) is 0 Å². The number of para-hydroxylation sites is 1. The molecule has 0 radical (unpaired) electrons. The third kappa shape index (κ3) is 4.37. The van der Waals surface area contributed by atoms with E-state index in [9.17, 15) is 22.4 Å². The highest BCUT2D eigenvalue weighted by molar-refractivity contribution is 5.89. The van der Waals surface area contributed by atoms with Gasteiger partial charge >= 0.3 is 12.2 Å². The van der Waals surface area contributed by atoms with Gasteiger partial charge in [0.25, 0.3) is 0 Å². The summed E-state index contributed by atoms with van der Waals surface area (Å²) in [5, 5.41) is 4.49. The predicted octanol–water partition coefficient (Wildman–Crippen LogP) is 4.17. The average molecular weight is 342 g/mol. The van der Waals surface area contributed by atoms with E-state index >= 15 is 0 Å². The van der Waals surface area contributed by atoms with Crippen molar-refractivity contribution < 1.29 is 27.1 Å². The molecule has 0 atom stereocenters. The fourth-order valence-corrected chi connectivity index (χ4v) is 1.99. The van der Waals surface area contributed by atoms with Crippen molar-refractivity contribution >= 4 is 11.7 Å². The van der Waals surface area contributed by atoms with Crippen LogP contribution in [0.5, 0.6) is 5.75 Å². The first-order valence-electron chi connectivity index (χ1n) is 6.84. The summed E-state index contributed by atoms with van der Waals surface area (Å²) in [5.74, 6) is -0.418. The highest BCUT2D eigenvalue weighted by Gasteiger charge is 2.31. The van der Waals surface area contributed by atoms with E-state index in [-0.39, 0.29) is 6.54 Å². The minimum atomic E-state index is -4.63. The molecule has 2 amide bonds. The van der Waals surface area contributed by atoms with E-state index in [0.29, 0.717) is 29.5 Å². The summed E-state index contributed by atoms with van der Waals surface area (Å²) in [4.78, 5) is 11.8. The van der Waals surface area contributed by atoms with E-state index in [2.05, 4.69) is 10.6 Å². The largest absolute Gasteiger partial charge is 0.496 e. The van der Waals surface area contributed by atoms with Gasteiger partial charge in [0.1, 0.15) is 11.6 Å².